The van der Waals surface area contributed by atoms with Crippen molar-refractivity contribution in [3.05, 3.63) is 11.4 Å². The predicted molar refractivity (Wildman–Crippen MR) is 64.3 cm³/mol. The number of hydrogen-bond acceptors (Lipinski definition) is 4. The number of nitrogens with one attached hydrogen (secondary N) is 1. The van der Waals surface area contributed by atoms with Crippen molar-refractivity contribution in [2.75, 3.05) is 13.2 Å². The lowest BCUT2D eigenvalue weighted by Crippen LogP contribution is -2.26. The molecule has 6 nitrogen and oxygen atoms in total. The van der Waals surface area contributed by atoms with Crippen molar-refractivity contribution >= 4 is 10.0 Å². The maximum Gasteiger partial charge on any atom is 0.244 e. The van der Waals surface area contributed by atoms with Gasteiger partial charge in [-0.25, -0.2) is 13.1 Å². The molecule has 1 aromatic heterocycles. The highest BCUT2D eigenvalue weighted by Gasteiger charge is 2.23. The Hall–Kier alpha value is -0.920. The first kappa shape index (κ1) is 14.1. The van der Waals surface area contributed by atoms with Crippen LogP contribution in [0.25, 0.3) is 0 Å². The van der Waals surface area contributed by atoms with E-state index in [4.69, 9.17) is 5.11 Å². The first-order chi connectivity index (χ1) is 7.94. The van der Waals surface area contributed by atoms with E-state index in [1.54, 1.807) is 18.5 Å². The maximum atomic E-state index is 12.0. The molecule has 0 spiro atoms. The maximum absolute atomic E-state index is 12.0. The molecule has 1 heterocycles. The van der Waals surface area contributed by atoms with Crippen LogP contribution < -0.4 is 4.72 Å². The van der Waals surface area contributed by atoms with E-state index < -0.39 is 10.0 Å². The van der Waals surface area contributed by atoms with Crippen LogP contribution in [0.5, 0.6) is 0 Å². The van der Waals surface area contributed by atoms with E-state index in [2.05, 4.69) is 9.82 Å². The second-order valence-electron chi connectivity index (χ2n) is 3.79. The van der Waals surface area contributed by atoms with Crippen molar-refractivity contribution in [2.24, 2.45) is 0 Å². The minimum absolute atomic E-state index is 0.0330. The third kappa shape index (κ3) is 3.05. The van der Waals surface area contributed by atoms with Gasteiger partial charge in [0, 0.05) is 19.7 Å². The Labute approximate surface area is 102 Å². The highest BCUT2D eigenvalue weighted by molar-refractivity contribution is 7.89. The molecule has 17 heavy (non-hydrogen) atoms. The van der Waals surface area contributed by atoms with Crippen LogP contribution in [0.1, 0.15) is 24.7 Å². The Morgan fingerprint density at radius 1 is 1.41 bits per heavy atom. The van der Waals surface area contributed by atoms with Crippen LogP contribution in [0.3, 0.4) is 0 Å². The number of rotatable bonds is 6. The second kappa shape index (κ2) is 5.61. The van der Waals surface area contributed by atoms with Crippen LogP contribution in [-0.2, 0) is 16.6 Å². The molecule has 0 saturated heterocycles. The highest BCUT2D eigenvalue weighted by Crippen LogP contribution is 2.18. The minimum atomic E-state index is -3.53. The van der Waals surface area contributed by atoms with Gasteiger partial charge in [-0.3, -0.25) is 4.68 Å². The van der Waals surface area contributed by atoms with Crippen molar-refractivity contribution in [3.63, 3.8) is 0 Å². The SMILES string of the molecule is CCn1nc(C)c(S(=O)(=O)NCCCO)c1C. The topological polar surface area (TPSA) is 84.2 Å². The van der Waals surface area contributed by atoms with Gasteiger partial charge < -0.3 is 5.11 Å². The zero-order chi connectivity index (χ0) is 13.1. The van der Waals surface area contributed by atoms with E-state index in [1.165, 1.54) is 0 Å². The van der Waals surface area contributed by atoms with Gasteiger partial charge in [-0.2, -0.15) is 5.10 Å². The van der Waals surface area contributed by atoms with Gasteiger partial charge in [0.2, 0.25) is 10.0 Å². The van der Waals surface area contributed by atoms with Crippen LogP contribution in [0, 0.1) is 13.8 Å². The summed E-state index contributed by atoms with van der Waals surface area (Å²) in [5.74, 6) is 0. The van der Waals surface area contributed by atoms with Crippen LogP contribution in [0.4, 0.5) is 0 Å². The molecule has 0 fully saturated rings. The molecule has 2 N–H and O–H groups in total. The summed E-state index contributed by atoms with van der Waals surface area (Å²) in [6.45, 7) is 6.17. The van der Waals surface area contributed by atoms with Crippen molar-refractivity contribution < 1.29 is 13.5 Å². The Morgan fingerprint density at radius 2 is 2.06 bits per heavy atom. The number of aliphatic hydroxyl groups excluding tert-OH is 1. The predicted octanol–water partition coefficient (Wildman–Crippen LogP) is 0.181. The summed E-state index contributed by atoms with van der Waals surface area (Å²) in [4.78, 5) is 0.247. The molecule has 1 rings (SSSR count). The molecule has 0 atom stereocenters. The van der Waals surface area contributed by atoms with Crippen molar-refractivity contribution in [1.29, 1.82) is 0 Å². The number of aromatic nitrogens is 2. The monoisotopic (exact) mass is 261 g/mol. The van der Waals surface area contributed by atoms with E-state index in [0.29, 0.717) is 24.4 Å². The molecule has 98 valence electrons. The molecular formula is C10H19N3O3S. The Bertz CT molecular complexity index is 479. The van der Waals surface area contributed by atoms with Gasteiger partial charge in [-0.05, 0) is 27.2 Å². The molecule has 0 aliphatic heterocycles. The van der Waals surface area contributed by atoms with Gasteiger partial charge >= 0.3 is 0 Å². The fourth-order valence-electron chi connectivity index (χ4n) is 1.74. The van der Waals surface area contributed by atoms with Crippen LogP contribution in [-0.4, -0.2) is 36.5 Å². The quantitative estimate of drug-likeness (QED) is 0.715. The van der Waals surface area contributed by atoms with Crippen LogP contribution >= 0.6 is 0 Å². The lowest BCUT2D eigenvalue weighted by atomic mass is 10.4. The van der Waals surface area contributed by atoms with E-state index in [0.717, 1.165) is 0 Å². The van der Waals surface area contributed by atoms with Crippen molar-refractivity contribution in [3.8, 4) is 0 Å². The number of nitrogens with zero attached hydrogens (tertiary/aromatic N) is 2. The Balaban J connectivity index is 3.02. The number of sulfonamides is 1. The summed E-state index contributed by atoms with van der Waals surface area (Å²) in [7, 11) is -3.53. The molecule has 0 aromatic carbocycles. The number of aryl methyl sites for hydroxylation is 2. The van der Waals surface area contributed by atoms with Gasteiger partial charge in [-0.1, -0.05) is 0 Å². The molecule has 1 aromatic rings. The zero-order valence-corrected chi connectivity index (χ0v) is 11.2. The van der Waals surface area contributed by atoms with E-state index in [9.17, 15) is 8.42 Å². The smallest absolute Gasteiger partial charge is 0.244 e. The second-order valence-corrected chi connectivity index (χ2v) is 5.49. The van der Waals surface area contributed by atoms with Gasteiger partial charge in [0.25, 0.3) is 0 Å². The average Bonchev–Trinajstić information content (AvgIpc) is 2.54. The summed E-state index contributed by atoms with van der Waals surface area (Å²) >= 11 is 0. The molecule has 0 aliphatic carbocycles. The zero-order valence-electron chi connectivity index (χ0n) is 10.4. The van der Waals surface area contributed by atoms with E-state index in [-0.39, 0.29) is 18.0 Å². The normalized spacial score (nSPS) is 12.0. The van der Waals surface area contributed by atoms with E-state index >= 15 is 0 Å². The first-order valence-corrected chi connectivity index (χ1v) is 7.07. The highest BCUT2D eigenvalue weighted by atomic mass is 32.2. The Kier molecular flexibility index (Phi) is 4.67. The summed E-state index contributed by atoms with van der Waals surface area (Å²) in [5.41, 5.74) is 1.14. The first-order valence-electron chi connectivity index (χ1n) is 5.58. The largest absolute Gasteiger partial charge is 0.396 e. The van der Waals surface area contributed by atoms with Gasteiger partial charge in [0.1, 0.15) is 4.90 Å². The Morgan fingerprint density at radius 3 is 2.53 bits per heavy atom. The van der Waals surface area contributed by atoms with Crippen molar-refractivity contribution in [1.82, 2.24) is 14.5 Å². The third-order valence-electron chi connectivity index (χ3n) is 2.51. The fourth-order valence-corrected chi connectivity index (χ4v) is 3.22. The van der Waals surface area contributed by atoms with E-state index in [1.807, 2.05) is 6.92 Å². The van der Waals surface area contributed by atoms with Gasteiger partial charge in [0.15, 0.2) is 0 Å². The average molecular weight is 261 g/mol. The fraction of sp³-hybridized carbons (Fsp3) is 0.700. The molecule has 7 heteroatoms. The van der Waals surface area contributed by atoms with Crippen LogP contribution in [0.15, 0.2) is 4.90 Å². The molecule has 0 saturated carbocycles. The summed E-state index contributed by atoms with van der Waals surface area (Å²) in [5, 5.41) is 12.8. The summed E-state index contributed by atoms with van der Waals surface area (Å²) in [6.07, 6.45) is 0.402. The van der Waals surface area contributed by atoms with Gasteiger partial charge in [0.05, 0.1) is 11.4 Å². The molecular weight excluding hydrogens is 242 g/mol. The molecule has 0 amide bonds. The van der Waals surface area contributed by atoms with Crippen molar-refractivity contribution in [2.45, 2.75) is 38.6 Å². The molecule has 0 unspecified atom stereocenters. The van der Waals surface area contributed by atoms with Crippen LogP contribution in [0.2, 0.25) is 0 Å². The lowest BCUT2D eigenvalue weighted by Gasteiger charge is -2.06. The third-order valence-corrected chi connectivity index (χ3v) is 4.22. The standard InChI is InChI=1S/C10H19N3O3S/c1-4-13-9(3)10(8(2)12-13)17(15,16)11-6-5-7-14/h11,14H,4-7H2,1-3H3. The number of hydrogen-bond donors (Lipinski definition) is 2. The molecule has 0 aliphatic rings. The molecule has 0 radical (unpaired) electrons. The number of aliphatic hydroxyl groups is 1. The summed E-state index contributed by atoms with van der Waals surface area (Å²) in [6, 6.07) is 0. The summed E-state index contributed by atoms with van der Waals surface area (Å²) < 4.78 is 28.2. The molecule has 0 bridgehead atoms. The lowest BCUT2D eigenvalue weighted by molar-refractivity contribution is 0.289. The van der Waals surface area contributed by atoms with Gasteiger partial charge in [-0.15, -0.1) is 0 Å². The minimum Gasteiger partial charge on any atom is -0.396 e.